The molecule has 0 unspecified atom stereocenters. The normalized spacial score (nSPS) is 14.6. The zero-order valence-corrected chi connectivity index (χ0v) is 17.9. The molecule has 0 aliphatic carbocycles. The van der Waals surface area contributed by atoms with Gasteiger partial charge in [-0.3, -0.25) is 4.79 Å². The molecule has 1 saturated heterocycles. The monoisotopic (exact) mass is 426 g/mol. The Morgan fingerprint density at radius 1 is 0.938 bits per heavy atom. The maximum atomic E-state index is 12.8. The summed E-state index contributed by atoms with van der Waals surface area (Å²) in [6, 6.07) is 26.0. The molecule has 0 N–H and O–H groups in total. The van der Waals surface area contributed by atoms with E-state index in [4.69, 9.17) is 9.15 Å². The van der Waals surface area contributed by atoms with E-state index in [0.717, 1.165) is 47.6 Å². The van der Waals surface area contributed by atoms with Crippen molar-refractivity contribution in [3.8, 4) is 5.75 Å². The van der Waals surface area contributed by atoms with E-state index in [9.17, 15) is 4.79 Å². The Kier molecular flexibility index (Phi) is 5.88. The third-order valence-electron chi connectivity index (χ3n) is 6.07. The Balaban J connectivity index is 1.16. The molecule has 1 aliphatic heterocycles. The first kappa shape index (κ1) is 20.3. The summed E-state index contributed by atoms with van der Waals surface area (Å²) in [5, 5.41) is 0. The van der Waals surface area contributed by atoms with Crippen molar-refractivity contribution in [2.24, 2.45) is 0 Å². The summed E-state index contributed by atoms with van der Waals surface area (Å²) in [6.45, 7) is 1.44. The summed E-state index contributed by atoms with van der Waals surface area (Å²) in [4.78, 5) is 19.3. The van der Waals surface area contributed by atoms with Crippen LogP contribution < -0.4 is 4.74 Å². The third kappa shape index (κ3) is 4.52. The van der Waals surface area contributed by atoms with Crippen LogP contribution in [0.15, 0.2) is 83.3 Å². The molecule has 162 valence electrons. The fourth-order valence-electron chi connectivity index (χ4n) is 4.28. The Morgan fingerprint density at radius 2 is 1.66 bits per heavy atom. The van der Waals surface area contributed by atoms with Gasteiger partial charge in [0.2, 0.25) is 0 Å². The van der Waals surface area contributed by atoms with Crippen molar-refractivity contribution in [1.29, 1.82) is 0 Å². The summed E-state index contributed by atoms with van der Waals surface area (Å²) < 4.78 is 11.9. The zero-order valence-electron chi connectivity index (χ0n) is 17.9. The second kappa shape index (κ2) is 9.27. The second-order valence-electron chi connectivity index (χ2n) is 8.23. The number of carbonyl (C=O) groups excluding carboxylic acids is 1. The fraction of sp³-hybridized carbons (Fsp3) is 0.259. The number of fused-ring (bicyclic) bond motifs is 1. The number of piperidine rings is 1. The maximum Gasteiger partial charge on any atom is 0.260 e. The molecule has 3 aromatic carbocycles. The molecule has 1 fully saturated rings. The molecule has 0 spiro atoms. The van der Waals surface area contributed by atoms with Crippen LogP contribution in [0, 0.1) is 0 Å². The number of aromatic nitrogens is 1. The molecule has 1 aliphatic rings. The molecule has 0 saturated carbocycles. The zero-order chi connectivity index (χ0) is 21.8. The minimum absolute atomic E-state index is 0.0236. The van der Waals surface area contributed by atoms with Gasteiger partial charge < -0.3 is 14.1 Å². The van der Waals surface area contributed by atoms with Crippen LogP contribution in [0.4, 0.5) is 0 Å². The highest BCUT2D eigenvalue weighted by Crippen LogP contribution is 2.30. The Bertz CT molecular complexity index is 1160. The molecule has 1 amide bonds. The summed E-state index contributed by atoms with van der Waals surface area (Å²) in [6.07, 6.45) is 2.48. The highest BCUT2D eigenvalue weighted by atomic mass is 16.5. The van der Waals surface area contributed by atoms with Crippen LogP contribution in [0.25, 0.3) is 11.1 Å². The lowest BCUT2D eigenvalue weighted by atomic mass is 9.97. The van der Waals surface area contributed by atoms with E-state index >= 15 is 0 Å². The number of para-hydroxylation sites is 3. The van der Waals surface area contributed by atoms with Crippen LogP contribution in [0.5, 0.6) is 5.75 Å². The molecule has 0 radical (unpaired) electrons. The smallest absolute Gasteiger partial charge is 0.260 e. The number of likely N-dealkylation sites (tertiary alicyclic amines) is 1. The van der Waals surface area contributed by atoms with E-state index < -0.39 is 0 Å². The predicted octanol–water partition coefficient (Wildman–Crippen LogP) is 5.20. The van der Waals surface area contributed by atoms with E-state index in [1.807, 2.05) is 65.6 Å². The minimum atomic E-state index is 0.0236. The number of nitrogens with zero attached hydrogens (tertiary/aromatic N) is 2. The van der Waals surface area contributed by atoms with Gasteiger partial charge in [-0.25, -0.2) is 4.98 Å². The average Bonchev–Trinajstić information content (AvgIpc) is 3.28. The van der Waals surface area contributed by atoms with Crippen molar-refractivity contribution in [3.63, 3.8) is 0 Å². The highest BCUT2D eigenvalue weighted by molar-refractivity contribution is 5.78. The number of oxazole rings is 1. The molecule has 5 nitrogen and oxygen atoms in total. The molecule has 32 heavy (non-hydrogen) atoms. The van der Waals surface area contributed by atoms with Gasteiger partial charge in [0.05, 0.1) is 0 Å². The second-order valence-corrected chi connectivity index (χ2v) is 8.23. The van der Waals surface area contributed by atoms with E-state index in [1.165, 1.54) is 5.56 Å². The molecule has 0 atom stereocenters. The number of amides is 1. The number of ether oxygens (including phenoxy) is 1. The van der Waals surface area contributed by atoms with E-state index in [2.05, 4.69) is 23.2 Å². The van der Waals surface area contributed by atoms with Gasteiger partial charge in [0.1, 0.15) is 11.3 Å². The lowest BCUT2D eigenvalue weighted by Crippen LogP contribution is -2.40. The Labute approximate surface area is 187 Å². The van der Waals surface area contributed by atoms with E-state index in [0.29, 0.717) is 13.1 Å². The first-order valence-corrected chi connectivity index (χ1v) is 11.1. The SMILES string of the molecule is O=C(COc1ccccc1Cc1ccccc1)N1CCC(c2nc3ccccc3o2)CC1. The molecule has 1 aromatic heterocycles. The van der Waals surface area contributed by atoms with Gasteiger partial charge in [-0.05, 0) is 42.2 Å². The molecule has 5 heteroatoms. The van der Waals surface area contributed by atoms with Crippen LogP contribution in [-0.4, -0.2) is 35.5 Å². The van der Waals surface area contributed by atoms with Crippen LogP contribution in [0.3, 0.4) is 0 Å². The van der Waals surface area contributed by atoms with E-state index in [-0.39, 0.29) is 18.4 Å². The summed E-state index contributed by atoms with van der Waals surface area (Å²) in [5.74, 6) is 1.82. The van der Waals surface area contributed by atoms with Crippen molar-refractivity contribution in [1.82, 2.24) is 9.88 Å². The first-order chi connectivity index (χ1) is 15.8. The quantitative estimate of drug-likeness (QED) is 0.425. The molecular formula is C27H26N2O3. The number of hydrogen-bond acceptors (Lipinski definition) is 4. The predicted molar refractivity (Wildman–Crippen MR) is 124 cm³/mol. The van der Waals surface area contributed by atoms with Gasteiger partial charge in [-0.15, -0.1) is 0 Å². The van der Waals surface area contributed by atoms with Gasteiger partial charge in [-0.2, -0.15) is 0 Å². The molecule has 0 bridgehead atoms. The maximum absolute atomic E-state index is 12.8. The van der Waals surface area contributed by atoms with Crippen molar-refractivity contribution < 1.29 is 13.9 Å². The lowest BCUT2D eigenvalue weighted by Gasteiger charge is -2.30. The van der Waals surface area contributed by atoms with Crippen molar-refractivity contribution in [2.45, 2.75) is 25.2 Å². The van der Waals surface area contributed by atoms with Crippen molar-refractivity contribution >= 4 is 17.0 Å². The van der Waals surface area contributed by atoms with Crippen molar-refractivity contribution in [3.05, 3.63) is 95.9 Å². The molecule has 5 rings (SSSR count). The first-order valence-electron chi connectivity index (χ1n) is 11.1. The lowest BCUT2D eigenvalue weighted by molar-refractivity contribution is -0.134. The van der Waals surface area contributed by atoms with Crippen molar-refractivity contribution in [2.75, 3.05) is 19.7 Å². The Hall–Kier alpha value is -3.60. The summed E-state index contributed by atoms with van der Waals surface area (Å²) in [7, 11) is 0. The average molecular weight is 427 g/mol. The van der Waals surface area contributed by atoms with Crippen LogP contribution >= 0.6 is 0 Å². The van der Waals surface area contributed by atoms with Gasteiger partial charge in [0, 0.05) is 25.4 Å². The highest BCUT2D eigenvalue weighted by Gasteiger charge is 2.27. The topological polar surface area (TPSA) is 55.6 Å². The summed E-state index contributed by atoms with van der Waals surface area (Å²) in [5.41, 5.74) is 4.02. The number of hydrogen-bond donors (Lipinski definition) is 0. The molecule has 4 aromatic rings. The number of benzene rings is 3. The third-order valence-corrected chi connectivity index (χ3v) is 6.07. The Morgan fingerprint density at radius 3 is 2.47 bits per heavy atom. The van der Waals surface area contributed by atoms with Crippen LogP contribution in [0.2, 0.25) is 0 Å². The number of rotatable bonds is 6. The number of carbonyl (C=O) groups is 1. The minimum Gasteiger partial charge on any atom is -0.483 e. The van der Waals surface area contributed by atoms with Crippen LogP contribution in [-0.2, 0) is 11.2 Å². The van der Waals surface area contributed by atoms with E-state index in [1.54, 1.807) is 0 Å². The standard InChI is InChI=1S/C27H26N2O3/c30-26(19-31-24-12-6-4-10-22(24)18-20-8-2-1-3-9-20)29-16-14-21(15-17-29)27-28-23-11-5-7-13-25(23)32-27/h1-13,21H,14-19H2. The molecular weight excluding hydrogens is 400 g/mol. The van der Waals surface area contributed by atoms with Gasteiger partial charge >= 0.3 is 0 Å². The summed E-state index contributed by atoms with van der Waals surface area (Å²) >= 11 is 0. The van der Waals surface area contributed by atoms with Gasteiger partial charge in [-0.1, -0.05) is 60.7 Å². The molecule has 2 heterocycles. The van der Waals surface area contributed by atoms with Gasteiger partial charge in [0.25, 0.3) is 5.91 Å². The van der Waals surface area contributed by atoms with Gasteiger partial charge in [0.15, 0.2) is 18.1 Å². The van der Waals surface area contributed by atoms with Crippen LogP contribution in [0.1, 0.15) is 35.8 Å². The fourth-order valence-corrected chi connectivity index (χ4v) is 4.28. The largest absolute Gasteiger partial charge is 0.483 e.